The van der Waals surface area contributed by atoms with E-state index in [1.165, 1.54) is 12.2 Å². The third-order valence-electron chi connectivity index (χ3n) is 1.56. The number of rotatable bonds is 3. The molecule has 0 saturated carbocycles. The molecule has 2 heteroatoms. The van der Waals surface area contributed by atoms with Gasteiger partial charge in [0.2, 0.25) is 0 Å². The molecular formula is C10H20SSi. The van der Waals surface area contributed by atoms with Crippen molar-refractivity contribution in [2.45, 2.75) is 39.9 Å². The van der Waals surface area contributed by atoms with Crippen molar-refractivity contribution in [2.75, 3.05) is 5.75 Å². The second kappa shape index (κ2) is 5.72. The van der Waals surface area contributed by atoms with E-state index in [0.717, 1.165) is 5.92 Å². The molecule has 0 heterocycles. The Balaban J connectivity index is 3.60. The van der Waals surface area contributed by atoms with Crippen molar-refractivity contribution in [2.24, 2.45) is 5.92 Å². The summed E-state index contributed by atoms with van der Waals surface area (Å²) >= 11 is 1.79. The fourth-order valence-corrected chi connectivity index (χ4v) is 2.61. The minimum atomic E-state index is -1.12. The highest BCUT2D eigenvalue weighted by Gasteiger charge is 2.07. The van der Waals surface area contributed by atoms with Crippen LogP contribution >= 0.6 is 11.8 Å². The molecule has 0 saturated heterocycles. The maximum absolute atomic E-state index is 3.35. The van der Waals surface area contributed by atoms with E-state index in [4.69, 9.17) is 0 Å². The highest BCUT2D eigenvalue weighted by molar-refractivity contribution is 8.03. The van der Waals surface area contributed by atoms with E-state index in [9.17, 15) is 0 Å². The summed E-state index contributed by atoms with van der Waals surface area (Å²) in [5, 5.41) is 3.22. The summed E-state index contributed by atoms with van der Waals surface area (Å²) in [4.78, 5) is 0. The molecule has 0 bridgehead atoms. The van der Waals surface area contributed by atoms with Crippen molar-refractivity contribution in [1.82, 2.24) is 0 Å². The lowest BCUT2D eigenvalue weighted by Gasteiger charge is -2.05. The Bertz CT molecular complexity index is 171. The van der Waals surface area contributed by atoms with E-state index < -0.39 is 8.07 Å². The molecule has 0 aromatic carbocycles. The standard InChI is InChI=1S/C10H20SSi/c1-6-10(2)9-11-7-8-12(3,4)5/h10H,6,9H2,1-5H3. The Morgan fingerprint density at radius 2 is 1.92 bits per heavy atom. The summed E-state index contributed by atoms with van der Waals surface area (Å²) in [6, 6.07) is 0. The topological polar surface area (TPSA) is 0 Å². The highest BCUT2D eigenvalue weighted by atomic mass is 32.2. The third-order valence-corrected chi connectivity index (χ3v) is 3.60. The summed E-state index contributed by atoms with van der Waals surface area (Å²) in [6.07, 6.45) is 1.27. The molecule has 0 nitrogen and oxygen atoms in total. The zero-order valence-corrected chi connectivity index (χ0v) is 10.7. The Hall–Kier alpha value is 0.127. The third kappa shape index (κ3) is 8.23. The summed E-state index contributed by atoms with van der Waals surface area (Å²) < 4.78 is 0. The first-order chi connectivity index (χ1) is 5.45. The van der Waals surface area contributed by atoms with Crippen molar-refractivity contribution in [1.29, 1.82) is 0 Å². The van der Waals surface area contributed by atoms with Crippen LogP contribution in [0, 0.1) is 16.7 Å². The lowest BCUT2D eigenvalue weighted by atomic mass is 10.2. The van der Waals surface area contributed by atoms with Gasteiger partial charge >= 0.3 is 0 Å². The van der Waals surface area contributed by atoms with Gasteiger partial charge in [-0.15, -0.1) is 5.54 Å². The molecule has 0 aromatic rings. The Kier molecular flexibility index (Phi) is 5.78. The average molecular weight is 200 g/mol. The first-order valence-corrected chi connectivity index (χ1v) is 9.08. The quantitative estimate of drug-likeness (QED) is 0.495. The molecule has 1 atom stereocenters. The fourth-order valence-electron chi connectivity index (χ4n) is 0.491. The van der Waals surface area contributed by atoms with Gasteiger partial charge in [0.25, 0.3) is 0 Å². The van der Waals surface area contributed by atoms with Crippen molar-refractivity contribution < 1.29 is 0 Å². The molecule has 70 valence electrons. The molecule has 0 spiro atoms. The van der Waals surface area contributed by atoms with Gasteiger partial charge in [0.05, 0.1) is 0 Å². The minimum Gasteiger partial charge on any atom is -0.120 e. The molecule has 0 aromatic heterocycles. The van der Waals surface area contributed by atoms with Crippen LogP contribution in [0.1, 0.15) is 20.3 Å². The zero-order chi connectivity index (χ0) is 9.61. The van der Waals surface area contributed by atoms with Crippen LogP contribution in [0.3, 0.4) is 0 Å². The lowest BCUT2D eigenvalue weighted by Crippen LogP contribution is -2.16. The van der Waals surface area contributed by atoms with Crippen LogP contribution in [-0.2, 0) is 0 Å². The molecule has 1 unspecified atom stereocenters. The zero-order valence-electron chi connectivity index (χ0n) is 8.90. The minimum absolute atomic E-state index is 0.811. The molecule has 0 amide bonds. The molecule has 12 heavy (non-hydrogen) atoms. The normalized spacial score (nSPS) is 13.4. The van der Waals surface area contributed by atoms with Crippen LogP contribution in [0.2, 0.25) is 19.6 Å². The molecule has 0 aliphatic rings. The Morgan fingerprint density at radius 1 is 1.33 bits per heavy atom. The van der Waals surface area contributed by atoms with Crippen molar-refractivity contribution in [3.8, 4) is 10.8 Å². The monoisotopic (exact) mass is 200 g/mol. The largest absolute Gasteiger partial charge is 0.130 e. The van der Waals surface area contributed by atoms with E-state index in [2.05, 4.69) is 44.3 Å². The van der Waals surface area contributed by atoms with Gasteiger partial charge in [0.15, 0.2) is 0 Å². The van der Waals surface area contributed by atoms with E-state index in [0.29, 0.717) is 0 Å². The molecular weight excluding hydrogens is 180 g/mol. The Labute approximate surface area is 82.5 Å². The van der Waals surface area contributed by atoms with Crippen LogP contribution in [-0.4, -0.2) is 13.8 Å². The summed E-state index contributed by atoms with van der Waals surface area (Å²) in [5.74, 6) is 2.00. The van der Waals surface area contributed by atoms with E-state index in [1.807, 2.05) is 0 Å². The van der Waals surface area contributed by atoms with Gasteiger partial charge in [-0.3, -0.25) is 0 Å². The SMILES string of the molecule is CCC(C)CSC#C[Si](C)(C)C. The second-order valence-corrected chi connectivity index (χ2v) is 9.88. The van der Waals surface area contributed by atoms with E-state index in [1.54, 1.807) is 11.8 Å². The summed E-state index contributed by atoms with van der Waals surface area (Å²) in [5.41, 5.74) is 3.35. The smallest absolute Gasteiger partial charge is 0.120 e. The predicted octanol–water partition coefficient (Wildman–Crippen LogP) is 3.60. The fraction of sp³-hybridized carbons (Fsp3) is 0.800. The highest BCUT2D eigenvalue weighted by Crippen LogP contribution is 2.10. The van der Waals surface area contributed by atoms with Gasteiger partial charge < -0.3 is 0 Å². The van der Waals surface area contributed by atoms with Gasteiger partial charge in [-0.1, -0.05) is 51.7 Å². The first-order valence-electron chi connectivity index (χ1n) is 4.59. The van der Waals surface area contributed by atoms with Crippen LogP contribution in [0.5, 0.6) is 0 Å². The average Bonchev–Trinajstić information content (AvgIpc) is 1.96. The second-order valence-electron chi connectivity index (χ2n) is 4.30. The van der Waals surface area contributed by atoms with Gasteiger partial charge in [-0.2, -0.15) is 0 Å². The van der Waals surface area contributed by atoms with Crippen molar-refractivity contribution in [3.05, 3.63) is 0 Å². The summed E-state index contributed by atoms with van der Waals surface area (Å²) in [6.45, 7) is 11.4. The number of thioether (sulfide) groups is 1. The van der Waals surface area contributed by atoms with Crippen LogP contribution in [0.15, 0.2) is 0 Å². The van der Waals surface area contributed by atoms with Crippen LogP contribution in [0.25, 0.3) is 0 Å². The van der Waals surface area contributed by atoms with Crippen molar-refractivity contribution >= 4 is 19.8 Å². The molecule has 0 aliphatic heterocycles. The van der Waals surface area contributed by atoms with Gasteiger partial charge in [-0.05, 0) is 11.2 Å². The Morgan fingerprint density at radius 3 is 2.33 bits per heavy atom. The van der Waals surface area contributed by atoms with E-state index >= 15 is 0 Å². The number of hydrogen-bond acceptors (Lipinski definition) is 1. The van der Waals surface area contributed by atoms with Gasteiger partial charge in [-0.25, -0.2) is 0 Å². The number of hydrogen-bond donors (Lipinski definition) is 0. The molecule has 0 radical (unpaired) electrons. The van der Waals surface area contributed by atoms with Crippen LogP contribution < -0.4 is 0 Å². The first kappa shape index (κ1) is 12.1. The maximum Gasteiger partial charge on any atom is 0.130 e. The van der Waals surface area contributed by atoms with Crippen molar-refractivity contribution in [3.63, 3.8) is 0 Å². The molecule has 0 aliphatic carbocycles. The maximum atomic E-state index is 3.35. The summed E-state index contributed by atoms with van der Waals surface area (Å²) in [7, 11) is -1.12. The molecule has 0 rings (SSSR count). The predicted molar refractivity (Wildman–Crippen MR) is 63.0 cm³/mol. The molecule has 0 N–H and O–H groups in total. The van der Waals surface area contributed by atoms with Crippen LogP contribution in [0.4, 0.5) is 0 Å². The van der Waals surface area contributed by atoms with Gasteiger partial charge in [0, 0.05) is 5.75 Å². The molecule has 0 fully saturated rings. The lowest BCUT2D eigenvalue weighted by molar-refractivity contribution is 0.638. The van der Waals surface area contributed by atoms with Gasteiger partial charge in [0.1, 0.15) is 8.07 Å². The van der Waals surface area contributed by atoms with E-state index in [-0.39, 0.29) is 0 Å².